The van der Waals surface area contributed by atoms with Crippen molar-refractivity contribution in [3.8, 4) is 11.5 Å². The van der Waals surface area contributed by atoms with Gasteiger partial charge in [-0.25, -0.2) is 0 Å². The van der Waals surface area contributed by atoms with E-state index in [0.717, 1.165) is 25.8 Å². The monoisotopic (exact) mass is 397 g/mol. The molecule has 7 rings (SSSR count). The van der Waals surface area contributed by atoms with E-state index in [9.17, 15) is 5.11 Å². The molecule has 1 N–H and O–H groups in total. The fourth-order valence-electron chi connectivity index (χ4n) is 8.02. The van der Waals surface area contributed by atoms with E-state index in [1.54, 1.807) is 0 Å². The van der Waals surface area contributed by atoms with Gasteiger partial charge in [0.2, 0.25) is 0 Å². The van der Waals surface area contributed by atoms with E-state index >= 15 is 0 Å². The summed E-state index contributed by atoms with van der Waals surface area (Å²) < 4.78 is 19.2. The van der Waals surface area contributed by atoms with Crippen LogP contribution in [0.4, 0.5) is 0 Å². The Bertz CT molecular complexity index is 914. The second-order valence-electron chi connectivity index (χ2n) is 9.77. The van der Waals surface area contributed by atoms with Gasteiger partial charge in [-0.1, -0.05) is 18.2 Å². The molecule has 1 aromatic carbocycles. The Morgan fingerprint density at radius 1 is 1.34 bits per heavy atom. The van der Waals surface area contributed by atoms with Crippen LogP contribution in [-0.4, -0.2) is 61.2 Å². The predicted octanol–water partition coefficient (Wildman–Crippen LogP) is 3.04. The van der Waals surface area contributed by atoms with Crippen molar-refractivity contribution in [3.05, 3.63) is 35.4 Å². The Hall–Kier alpha value is -1.56. The molecule has 29 heavy (non-hydrogen) atoms. The average Bonchev–Trinajstić information content (AvgIpc) is 3.09. The summed E-state index contributed by atoms with van der Waals surface area (Å²) in [6.45, 7) is 5.97. The lowest BCUT2D eigenvalue weighted by Gasteiger charge is -2.71. The molecule has 5 heteroatoms. The first kappa shape index (κ1) is 18.2. The summed E-state index contributed by atoms with van der Waals surface area (Å²) in [6, 6.07) is 4.35. The molecule has 1 saturated heterocycles. The number of phenols is 1. The van der Waals surface area contributed by atoms with Crippen molar-refractivity contribution >= 4 is 0 Å². The number of nitrogens with zero attached hydrogens (tertiary/aromatic N) is 1. The maximum Gasteiger partial charge on any atom is 0.165 e. The molecule has 6 aliphatic rings. The topological polar surface area (TPSA) is 51.2 Å². The van der Waals surface area contributed by atoms with Gasteiger partial charge in [0.1, 0.15) is 11.7 Å². The minimum atomic E-state index is -0.545. The highest BCUT2D eigenvalue weighted by Gasteiger charge is 2.79. The van der Waals surface area contributed by atoms with Crippen LogP contribution in [0.15, 0.2) is 24.3 Å². The highest BCUT2D eigenvalue weighted by molar-refractivity contribution is 5.65. The number of phenolic OH excluding ortho intramolecular Hbond substituents is 1. The van der Waals surface area contributed by atoms with E-state index in [1.165, 1.54) is 11.1 Å². The second kappa shape index (κ2) is 5.57. The van der Waals surface area contributed by atoms with Crippen molar-refractivity contribution < 1.29 is 19.3 Å². The largest absolute Gasteiger partial charge is 0.504 e. The van der Waals surface area contributed by atoms with E-state index in [2.05, 4.69) is 44.0 Å². The fraction of sp³-hybridized carbons (Fsp3) is 0.667. The molecule has 156 valence electrons. The van der Waals surface area contributed by atoms with E-state index < -0.39 is 5.60 Å². The number of benzene rings is 1. The van der Waals surface area contributed by atoms with E-state index in [0.29, 0.717) is 18.4 Å². The van der Waals surface area contributed by atoms with Crippen LogP contribution >= 0.6 is 0 Å². The summed E-state index contributed by atoms with van der Waals surface area (Å²) >= 11 is 0. The smallest absolute Gasteiger partial charge is 0.165 e. The van der Waals surface area contributed by atoms with Crippen molar-refractivity contribution in [3.63, 3.8) is 0 Å². The van der Waals surface area contributed by atoms with Crippen molar-refractivity contribution in [1.29, 1.82) is 0 Å². The van der Waals surface area contributed by atoms with E-state index in [1.807, 2.05) is 13.2 Å². The minimum absolute atomic E-state index is 0.0208. The molecule has 4 bridgehead atoms. The van der Waals surface area contributed by atoms with Crippen molar-refractivity contribution in [2.45, 2.75) is 62.4 Å². The number of likely N-dealkylation sites (tertiary alicyclic amines) is 1. The molecule has 4 aliphatic carbocycles. The molecule has 7 atom stereocenters. The lowest BCUT2D eigenvalue weighted by molar-refractivity contribution is -0.232. The van der Waals surface area contributed by atoms with Crippen molar-refractivity contribution in [1.82, 2.24) is 4.90 Å². The number of hydrogen-bond donors (Lipinski definition) is 1. The van der Waals surface area contributed by atoms with Gasteiger partial charge < -0.3 is 24.2 Å². The molecule has 1 saturated carbocycles. The zero-order valence-electron chi connectivity index (χ0n) is 17.8. The summed E-state index contributed by atoms with van der Waals surface area (Å²) in [5.74, 6) is 1.18. The molecule has 1 aromatic rings. The molecule has 0 amide bonds. The van der Waals surface area contributed by atoms with Crippen LogP contribution in [-0.2, 0) is 21.3 Å². The van der Waals surface area contributed by atoms with Crippen molar-refractivity contribution in [2.24, 2.45) is 11.3 Å². The second-order valence-corrected chi connectivity index (χ2v) is 9.77. The van der Waals surface area contributed by atoms with Crippen LogP contribution in [0.3, 0.4) is 0 Å². The SMILES string of the molecule is CCO[C@@H](C)[C@H]1C[C@@]23C=C[C@]1(OC)[C@H]1Oc4c(O)ccc5c4[C@@]12CCN(C)[C@@H]3C5. The van der Waals surface area contributed by atoms with E-state index in [4.69, 9.17) is 14.2 Å². The first-order valence-corrected chi connectivity index (χ1v) is 11.0. The number of likely N-dealkylation sites (N-methyl/N-ethyl adjacent to an activating group) is 1. The number of ether oxygens (including phenoxy) is 3. The fourth-order valence-corrected chi connectivity index (χ4v) is 8.02. The Balaban J connectivity index is 1.65. The molecular formula is C24H31NO4. The number of methoxy groups -OCH3 is 1. The summed E-state index contributed by atoms with van der Waals surface area (Å²) in [5.41, 5.74) is 1.90. The Kier molecular flexibility index (Phi) is 3.50. The quantitative estimate of drug-likeness (QED) is 0.792. The minimum Gasteiger partial charge on any atom is -0.504 e. The van der Waals surface area contributed by atoms with Crippen LogP contribution in [0.1, 0.15) is 37.8 Å². The third-order valence-corrected chi connectivity index (χ3v) is 9.12. The van der Waals surface area contributed by atoms with Crippen molar-refractivity contribution in [2.75, 3.05) is 27.3 Å². The lowest BCUT2D eigenvalue weighted by atomic mass is 9.37. The Morgan fingerprint density at radius 3 is 2.93 bits per heavy atom. The number of fused-ring (bicyclic) bond motifs is 1. The molecule has 0 radical (unpaired) electrons. The highest BCUT2D eigenvalue weighted by atomic mass is 16.6. The number of piperidine rings is 1. The summed E-state index contributed by atoms with van der Waals surface area (Å²) in [5, 5.41) is 10.7. The number of aromatic hydroxyl groups is 1. The van der Waals surface area contributed by atoms with Crippen LogP contribution < -0.4 is 4.74 Å². The molecule has 0 aromatic heterocycles. The van der Waals surface area contributed by atoms with Gasteiger partial charge in [-0.3, -0.25) is 0 Å². The van der Waals surface area contributed by atoms with Crippen LogP contribution in [0.2, 0.25) is 0 Å². The van der Waals surface area contributed by atoms with Crippen LogP contribution in [0.5, 0.6) is 11.5 Å². The summed E-state index contributed by atoms with van der Waals surface area (Å²) in [6.07, 6.45) is 7.75. The molecule has 0 unspecified atom stereocenters. The Morgan fingerprint density at radius 2 is 2.17 bits per heavy atom. The molecular weight excluding hydrogens is 366 g/mol. The van der Waals surface area contributed by atoms with Gasteiger partial charge in [-0.05, 0) is 58.3 Å². The lowest BCUT2D eigenvalue weighted by Crippen LogP contribution is -2.79. The van der Waals surface area contributed by atoms with Crippen LogP contribution in [0.25, 0.3) is 0 Å². The van der Waals surface area contributed by atoms with Crippen LogP contribution in [0, 0.1) is 11.3 Å². The molecule has 2 heterocycles. The number of hydrogen-bond acceptors (Lipinski definition) is 5. The van der Waals surface area contributed by atoms with Gasteiger partial charge in [0.15, 0.2) is 11.5 Å². The standard InChI is InChI=1S/C24H31NO4/c1-5-28-14(2)16-13-22-8-9-24(16,27-4)21-23(22)10-11-25(3)18(22)12-15-6-7-17(26)20(29-21)19(15)23/h6-9,14,16,18,21,26H,5,10-13H2,1-4H3/t14-,16+,18+,21-,22+,23-,24+/m0/s1. The highest BCUT2D eigenvalue weighted by Crippen LogP contribution is 2.74. The molecule has 5 nitrogen and oxygen atoms in total. The molecule has 2 spiro atoms. The average molecular weight is 398 g/mol. The zero-order chi connectivity index (χ0) is 20.2. The maximum absolute atomic E-state index is 10.7. The first-order valence-electron chi connectivity index (χ1n) is 11.0. The third-order valence-electron chi connectivity index (χ3n) is 9.12. The van der Waals surface area contributed by atoms with Gasteiger partial charge in [-0.15, -0.1) is 0 Å². The summed E-state index contributed by atoms with van der Waals surface area (Å²) in [4.78, 5) is 2.55. The Labute approximate surface area is 172 Å². The summed E-state index contributed by atoms with van der Waals surface area (Å²) in [7, 11) is 4.08. The van der Waals surface area contributed by atoms with Gasteiger partial charge in [-0.2, -0.15) is 0 Å². The van der Waals surface area contributed by atoms with Gasteiger partial charge in [0.05, 0.1) is 11.5 Å². The molecule has 2 aliphatic heterocycles. The molecule has 2 fully saturated rings. The van der Waals surface area contributed by atoms with Gasteiger partial charge in [0.25, 0.3) is 0 Å². The van der Waals surface area contributed by atoms with E-state index in [-0.39, 0.29) is 34.7 Å². The van der Waals surface area contributed by atoms with Gasteiger partial charge in [0, 0.05) is 36.7 Å². The predicted molar refractivity (Wildman–Crippen MR) is 109 cm³/mol. The maximum atomic E-state index is 10.7. The third kappa shape index (κ3) is 1.77. The first-order chi connectivity index (χ1) is 13.9. The zero-order valence-corrected chi connectivity index (χ0v) is 17.8. The number of rotatable bonds is 4. The normalized spacial score (nSPS) is 44.5. The van der Waals surface area contributed by atoms with Gasteiger partial charge >= 0.3 is 0 Å².